The number of hydrogen-bond donors (Lipinski definition) is 4. The maximum absolute atomic E-state index is 11.9. The van der Waals surface area contributed by atoms with Gasteiger partial charge in [-0.3, -0.25) is 14.4 Å². The predicted molar refractivity (Wildman–Crippen MR) is 97.6 cm³/mol. The van der Waals surface area contributed by atoms with Gasteiger partial charge in [-0.1, -0.05) is 30.3 Å². The summed E-state index contributed by atoms with van der Waals surface area (Å²) in [6.07, 6.45) is -2.79. The van der Waals surface area contributed by atoms with Crippen molar-refractivity contribution >= 4 is 23.9 Å². The van der Waals surface area contributed by atoms with Gasteiger partial charge >= 0.3 is 12.1 Å². The van der Waals surface area contributed by atoms with Gasteiger partial charge in [0.25, 0.3) is 0 Å². The van der Waals surface area contributed by atoms with Gasteiger partial charge < -0.3 is 30.9 Å². The number of hydrogen-bond acceptors (Lipinski definition) is 7. The Labute approximate surface area is 162 Å². The van der Waals surface area contributed by atoms with E-state index < -0.39 is 48.9 Å². The minimum absolute atomic E-state index is 0.0669. The molecule has 0 aliphatic rings. The van der Waals surface area contributed by atoms with Crippen molar-refractivity contribution < 1.29 is 33.8 Å². The summed E-state index contributed by atoms with van der Waals surface area (Å²) in [5, 5.41) is 14.4. The molecule has 5 N–H and O–H groups in total. The van der Waals surface area contributed by atoms with E-state index in [0.717, 1.165) is 5.56 Å². The largest absolute Gasteiger partial charge is 0.466 e. The summed E-state index contributed by atoms with van der Waals surface area (Å²) in [6, 6.07) is 7.78. The SMILES string of the molecule is CCOC(=O)C[C@H](NC(=O)C[C@@H](O)CNC(=O)OCc1ccccc1)C(N)=O. The number of primary amides is 1. The van der Waals surface area contributed by atoms with Crippen molar-refractivity contribution in [1.29, 1.82) is 0 Å². The number of esters is 1. The van der Waals surface area contributed by atoms with E-state index in [-0.39, 0.29) is 19.8 Å². The number of aliphatic hydroxyl groups excluding tert-OH is 1. The first kappa shape index (κ1) is 22.9. The molecular formula is C18H25N3O7. The van der Waals surface area contributed by atoms with Crippen molar-refractivity contribution in [1.82, 2.24) is 10.6 Å². The number of nitrogens with one attached hydrogen (secondary N) is 2. The lowest BCUT2D eigenvalue weighted by Gasteiger charge is -2.16. The quantitative estimate of drug-likeness (QED) is 0.371. The standard InChI is InChI=1S/C18H25N3O7/c1-2-27-16(24)9-14(17(19)25)21-15(23)8-13(22)10-20-18(26)28-11-12-6-4-3-5-7-12/h3-7,13-14,22H,2,8-11H2,1H3,(H2,19,25)(H,20,26)(H,21,23)/t13-,14+/m1/s1. The Bertz CT molecular complexity index is 666. The zero-order valence-corrected chi connectivity index (χ0v) is 15.6. The molecule has 2 atom stereocenters. The molecule has 10 heteroatoms. The number of alkyl carbamates (subject to hydrolysis) is 1. The van der Waals surface area contributed by atoms with Crippen LogP contribution in [0.1, 0.15) is 25.3 Å². The fraction of sp³-hybridized carbons (Fsp3) is 0.444. The number of amides is 3. The summed E-state index contributed by atoms with van der Waals surface area (Å²) in [7, 11) is 0. The number of nitrogens with two attached hydrogens (primary N) is 1. The summed E-state index contributed by atoms with van der Waals surface area (Å²) in [5.41, 5.74) is 5.94. The lowest BCUT2D eigenvalue weighted by atomic mass is 10.1. The number of ether oxygens (including phenoxy) is 2. The van der Waals surface area contributed by atoms with Crippen LogP contribution in [0.5, 0.6) is 0 Å². The molecule has 0 saturated carbocycles. The van der Waals surface area contributed by atoms with Gasteiger partial charge in [0.2, 0.25) is 11.8 Å². The third-order valence-corrected chi connectivity index (χ3v) is 3.47. The zero-order chi connectivity index (χ0) is 20.9. The van der Waals surface area contributed by atoms with Gasteiger partial charge in [0.05, 0.1) is 25.6 Å². The molecule has 0 bridgehead atoms. The van der Waals surface area contributed by atoms with Crippen molar-refractivity contribution in [2.75, 3.05) is 13.2 Å². The Hall–Kier alpha value is -3.14. The van der Waals surface area contributed by atoms with E-state index in [1.54, 1.807) is 31.2 Å². The van der Waals surface area contributed by atoms with E-state index in [1.165, 1.54) is 0 Å². The molecule has 0 aromatic heterocycles. The van der Waals surface area contributed by atoms with Gasteiger partial charge in [0.15, 0.2) is 0 Å². The van der Waals surface area contributed by atoms with Gasteiger partial charge in [0.1, 0.15) is 12.6 Å². The van der Waals surface area contributed by atoms with E-state index >= 15 is 0 Å². The van der Waals surface area contributed by atoms with Crippen LogP contribution >= 0.6 is 0 Å². The smallest absolute Gasteiger partial charge is 0.407 e. The van der Waals surface area contributed by atoms with Crippen LogP contribution in [0.4, 0.5) is 4.79 Å². The first-order chi connectivity index (χ1) is 13.3. The fourth-order valence-corrected chi connectivity index (χ4v) is 2.12. The van der Waals surface area contributed by atoms with Crippen LogP contribution < -0.4 is 16.4 Å². The number of aliphatic hydroxyl groups is 1. The highest BCUT2D eigenvalue weighted by atomic mass is 16.5. The maximum atomic E-state index is 11.9. The van der Waals surface area contributed by atoms with Crippen molar-refractivity contribution in [2.24, 2.45) is 5.73 Å². The average Bonchev–Trinajstić information content (AvgIpc) is 2.65. The van der Waals surface area contributed by atoms with Gasteiger partial charge in [-0.05, 0) is 12.5 Å². The summed E-state index contributed by atoms with van der Waals surface area (Å²) < 4.78 is 9.67. The number of rotatable bonds is 11. The van der Waals surface area contributed by atoms with E-state index in [9.17, 15) is 24.3 Å². The van der Waals surface area contributed by atoms with Crippen LogP contribution in [0.3, 0.4) is 0 Å². The third kappa shape index (κ3) is 9.53. The molecule has 1 aromatic carbocycles. The van der Waals surface area contributed by atoms with Crippen LogP contribution in [0.25, 0.3) is 0 Å². The summed E-state index contributed by atoms with van der Waals surface area (Å²) in [5.74, 6) is -2.30. The molecule has 0 heterocycles. The molecule has 0 radical (unpaired) electrons. The lowest BCUT2D eigenvalue weighted by Crippen LogP contribution is -2.47. The second-order valence-corrected chi connectivity index (χ2v) is 5.83. The van der Waals surface area contributed by atoms with Crippen molar-refractivity contribution in [3.8, 4) is 0 Å². The van der Waals surface area contributed by atoms with E-state index in [2.05, 4.69) is 10.6 Å². The Morgan fingerprint density at radius 3 is 2.39 bits per heavy atom. The monoisotopic (exact) mass is 395 g/mol. The minimum atomic E-state index is -1.25. The molecule has 154 valence electrons. The Kier molecular flexibility index (Phi) is 10.0. The van der Waals surface area contributed by atoms with Crippen LogP contribution in [0, 0.1) is 0 Å². The van der Waals surface area contributed by atoms with Crippen LogP contribution in [-0.2, 0) is 30.5 Å². The molecule has 28 heavy (non-hydrogen) atoms. The molecule has 0 spiro atoms. The zero-order valence-electron chi connectivity index (χ0n) is 15.6. The van der Waals surface area contributed by atoms with E-state index in [0.29, 0.717) is 0 Å². The molecule has 0 unspecified atom stereocenters. The van der Waals surface area contributed by atoms with Crippen molar-refractivity contribution in [3.05, 3.63) is 35.9 Å². The summed E-state index contributed by atoms with van der Waals surface area (Å²) >= 11 is 0. The van der Waals surface area contributed by atoms with Crippen molar-refractivity contribution in [2.45, 2.75) is 38.5 Å². The maximum Gasteiger partial charge on any atom is 0.407 e. The first-order valence-electron chi connectivity index (χ1n) is 8.68. The normalized spacial score (nSPS) is 12.4. The Balaban J connectivity index is 2.33. The molecule has 0 saturated heterocycles. The molecular weight excluding hydrogens is 370 g/mol. The number of carbonyl (C=O) groups is 4. The van der Waals surface area contributed by atoms with E-state index in [4.69, 9.17) is 15.2 Å². The predicted octanol–water partition coefficient (Wildman–Crippen LogP) is -0.413. The molecule has 10 nitrogen and oxygen atoms in total. The van der Waals surface area contributed by atoms with Gasteiger partial charge in [-0.2, -0.15) is 0 Å². The molecule has 0 aliphatic heterocycles. The van der Waals surface area contributed by atoms with Crippen LogP contribution in [0.2, 0.25) is 0 Å². The third-order valence-electron chi connectivity index (χ3n) is 3.47. The Morgan fingerprint density at radius 2 is 1.79 bits per heavy atom. The molecule has 1 aromatic rings. The van der Waals surface area contributed by atoms with Crippen molar-refractivity contribution in [3.63, 3.8) is 0 Å². The molecule has 0 aliphatic carbocycles. The highest BCUT2D eigenvalue weighted by molar-refractivity contribution is 5.90. The molecule has 1 rings (SSSR count). The summed E-state index contributed by atoms with van der Waals surface area (Å²) in [4.78, 5) is 46.2. The number of carbonyl (C=O) groups excluding carboxylic acids is 4. The lowest BCUT2D eigenvalue weighted by molar-refractivity contribution is -0.145. The fourth-order valence-electron chi connectivity index (χ4n) is 2.12. The average molecular weight is 395 g/mol. The number of benzene rings is 1. The van der Waals surface area contributed by atoms with Crippen LogP contribution in [0.15, 0.2) is 30.3 Å². The Morgan fingerprint density at radius 1 is 1.11 bits per heavy atom. The van der Waals surface area contributed by atoms with Gasteiger partial charge in [-0.15, -0.1) is 0 Å². The molecule has 0 fully saturated rings. The minimum Gasteiger partial charge on any atom is -0.466 e. The second kappa shape index (κ2) is 12.3. The van der Waals surface area contributed by atoms with Gasteiger partial charge in [0, 0.05) is 6.54 Å². The van der Waals surface area contributed by atoms with Gasteiger partial charge in [-0.25, -0.2) is 4.79 Å². The molecule has 3 amide bonds. The van der Waals surface area contributed by atoms with Crippen LogP contribution in [-0.4, -0.2) is 54.3 Å². The highest BCUT2D eigenvalue weighted by Crippen LogP contribution is 2.01. The highest BCUT2D eigenvalue weighted by Gasteiger charge is 2.23. The summed E-state index contributed by atoms with van der Waals surface area (Å²) in [6.45, 7) is 1.56. The second-order valence-electron chi connectivity index (χ2n) is 5.83. The first-order valence-corrected chi connectivity index (χ1v) is 8.68. The van der Waals surface area contributed by atoms with E-state index in [1.807, 2.05) is 6.07 Å². The topological polar surface area (TPSA) is 157 Å².